The van der Waals surface area contributed by atoms with E-state index in [4.69, 9.17) is 9.47 Å². The second-order valence-corrected chi connectivity index (χ2v) is 10.8. The summed E-state index contributed by atoms with van der Waals surface area (Å²) < 4.78 is 14.4. The fourth-order valence-corrected chi connectivity index (χ4v) is 6.72. The summed E-state index contributed by atoms with van der Waals surface area (Å²) in [6.07, 6.45) is 6.16. The summed E-state index contributed by atoms with van der Waals surface area (Å²) >= 11 is 0. The Morgan fingerprint density at radius 1 is 1.02 bits per heavy atom. The molecule has 0 amide bonds. The largest absolute Gasteiger partial charge is 0.489 e. The highest BCUT2D eigenvalue weighted by Gasteiger charge is 2.31. The van der Waals surface area contributed by atoms with Crippen molar-refractivity contribution in [3.05, 3.63) is 47.5 Å². The Hall–Kier alpha value is -2.45. The molecule has 1 aromatic heterocycles. The summed E-state index contributed by atoms with van der Waals surface area (Å²) in [5.74, 6) is 0.567. The smallest absolute Gasteiger partial charge is 0.335 e. The van der Waals surface area contributed by atoms with Gasteiger partial charge in [-0.2, -0.15) is 0 Å². The van der Waals surface area contributed by atoms with Crippen LogP contribution >= 0.6 is 24.8 Å². The van der Waals surface area contributed by atoms with E-state index in [1.807, 2.05) is 6.07 Å². The Labute approximate surface area is 249 Å². The minimum absolute atomic E-state index is 0. The molecule has 1 aliphatic carbocycles. The number of fused-ring (bicyclic) bond motifs is 5. The minimum Gasteiger partial charge on any atom is -0.489 e. The number of carboxylic acids is 1. The predicted octanol–water partition coefficient (Wildman–Crippen LogP) is 6.45. The summed E-state index contributed by atoms with van der Waals surface area (Å²) in [5, 5.41) is 10.9. The quantitative estimate of drug-likeness (QED) is 0.341. The van der Waals surface area contributed by atoms with E-state index in [0.717, 1.165) is 68.5 Å². The van der Waals surface area contributed by atoms with Gasteiger partial charge in [-0.3, -0.25) is 4.90 Å². The standard InChI is InChI=1S/C31H39N3O4.2ClH/c1-2-33(14-13-32-15-18-37-19-16-32)26-10-6-9-25-29-28(22-7-4-3-5-8-22)24-12-11-23(31(35)36)21-27(24)34(29)17-20-38-30(25)26;;/h6,9-12,21-22H,2-5,7-8,13-20H2,1H3,(H,35,36);2*1H. The number of carbonyl (C=O) groups is 1. The second kappa shape index (κ2) is 13.5. The lowest BCUT2D eigenvalue weighted by Crippen LogP contribution is -2.41. The van der Waals surface area contributed by atoms with Crippen molar-refractivity contribution >= 4 is 47.4 Å². The van der Waals surface area contributed by atoms with Crippen LogP contribution in [0.2, 0.25) is 0 Å². The van der Waals surface area contributed by atoms with E-state index in [9.17, 15) is 9.90 Å². The van der Waals surface area contributed by atoms with Crippen LogP contribution in [0.15, 0.2) is 36.4 Å². The van der Waals surface area contributed by atoms with E-state index in [0.29, 0.717) is 24.6 Å². The summed E-state index contributed by atoms with van der Waals surface area (Å²) in [4.78, 5) is 16.8. The fraction of sp³-hybridized carbons (Fsp3) is 0.516. The van der Waals surface area contributed by atoms with Crippen molar-refractivity contribution in [1.29, 1.82) is 0 Å². The van der Waals surface area contributed by atoms with E-state index in [1.54, 1.807) is 6.07 Å². The van der Waals surface area contributed by atoms with Crippen LogP contribution in [0.25, 0.3) is 22.2 Å². The van der Waals surface area contributed by atoms with Gasteiger partial charge >= 0.3 is 5.97 Å². The summed E-state index contributed by atoms with van der Waals surface area (Å²) in [6, 6.07) is 12.3. The van der Waals surface area contributed by atoms with Gasteiger partial charge in [0.15, 0.2) is 5.75 Å². The summed E-state index contributed by atoms with van der Waals surface area (Å²) in [5.41, 5.74) is 6.26. The highest BCUT2D eigenvalue weighted by Crippen LogP contribution is 2.49. The number of para-hydroxylation sites is 1. The van der Waals surface area contributed by atoms with Gasteiger partial charge in [0.05, 0.1) is 36.7 Å². The average molecular weight is 591 g/mol. The Balaban J connectivity index is 0.00000185. The second-order valence-electron chi connectivity index (χ2n) is 10.8. The lowest BCUT2D eigenvalue weighted by Gasteiger charge is -2.31. The molecule has 0 atom stereocenters. The van der Waals surface area contributed by atoms with Crippen molar-refractivity contribution in [2.75, 3.05) is 57.4 Å². The maximum atomic E-state index is 11.9. The fourth-order valence-electron chi connectivity index (χ4n) is 6.72. The molecule has 7 nitrogen and oxygen atoms in total. The van der Waals surface area contributed by atoms with Crippen LogP contribution in [0.4, 0.5) is 5.69 Å². The summed E-state index contributed by atoms with van der Waals surface area (Å²) in [7, 11) is 0. The zero-order valence-electron chi connectivity index (χ0n) is 23.3. The number of ether oxygens (including phenoxy) is 2. The molecule has 0 radical (unpaired) electrons. The predicted molar refractivity (Wildman–Crippen MR) is 165 cm³/mol. The van der Waals surface area contributed by atoms with Gasteiger partial charge in [-0.1, -0.05) is 31.4 Å². The van der Waals surface area contributed by atoms with Crippen LogP contribution < -0.4 is 9.64 Å². The number of rotatable bonds is 7. The third kappa shape index (κ3) is 5.80. The Morgan fingerprint density at radius 3 is 2.52 bits per heavy atom. The van der Waals surface area contributed by atoms with Crippen molar-refractivity contribution < 1.29 is 19.4 Å². The van der Waals surface area contributed by atoms with E-state index < -0.39 is 5.97 Å². The Kier molecular flexibility index (Phi) is 10.3. The van der Waals surface area contributed by atoms with Crippen molar-refractivity contribution in [3.63, 3.8) is 0 Å². The molecule has 1 saturated heterocycles. The van der Waals surface area contributed by atoms with Crippen LogP contribution in [0.3, 0.4) is 0 Å². The van der Waals surface area contributed by atoms with Gasteiger partial charge in [0.2, 0.25) is 0 Å². The number of carboxylic acid groups (broad SMARTS) is 1. The molecule has 3 aliphatic rings. The number of hydrogen-bond donors (Lipinski definition) is 1. The van der Waals surface area contributed by atoms with Crippen LogP contribution in [0.1, 0.15) is 60.9 Å². The molecule has 1 N–H and O–H groups in total. The zero-order valence-corrected chi connectivity index (χ0v) is 24.9. The molecule has 1 saturated carbocycles. The van der Waals surface area contributed by atoms with Crippen LogP contribution in [-0.2, 0) is 11.3 Å². The van der Waals surface area contributed by atoms with E-state index in [2.05, 4.69) is 45.6 Å². The third-order valence-electron chi connectivity index (χ3n) is 8.69. The number of anilines is 1. The SMILES string of the molecule is CCN(CCN1CCOCC1)c1cccc2c1OCCn1c-2c(C2CCCCC2)c2ccc(C(=O)O)cc21.Cl.Cl. The Bertz CT molecular complexity index is 1320. The van der Waals surface area contributed by atoms with E-state index in [1.165, 1.54) is 48.7 Å². The number of likely N-dealkylation sites (N-methyl/N-ethyl adjacent to an activating group) is 1. The van der Waals surface area contributed by atoms with E-state index >= 15 is 0 Å². The molecule has 40 heavy (non-hydrogen) atoms. The molecular weight excluding hydrogens is 549 g/mol. The molecule has 0 spiro atoms. The van der Waals surface area contributed by atoms with Crippen molar-refractivity contribution in [2.24, 2.45) is 0 Å². The first-order valence-electron chi connectivity index (χ1n) is 14.4. The van der Waals surface area contributed by atoms with Crippen molar-refractivity contribution in [1.82, 2.24) is 9.47 Å². The highest BCUT2D eigenvalue weighted by molar-refractivity contribution is 5.99. The van der Waals surface area contributed by atoms with Gasteiger partial charge in [-0.15, -0.1) is 24.8 Å². The highest BCUT2D eigenvalue weighted by atomic mass is 35.5. The van der Waals surface area contributed by atoms with Gasteiger partial charge < -0.3 is 24.0 Å². The number of benzene rings is 2. The van der Waals surface area contributed by atoms with Gasteiger partial charge in [0.25, 0.3) is 0 Å². The summed E-state index contributed by atoms with van der Waals surface area (Å²) in [6.45, 7) is 9.94. The van der Waals surface area contributed by atoms with Crippen LogP contribution in [-0.4, -0.2) is 73.1 Å². The molecule has 9 heteroatoms. The zero-order chi connectivity index (χ0) is 26.1. The lowest BCUT2D eigenvalue weighted by molar-refractivity contribution is 0.0392. The first-order chi connectivity index (χ1) is 18.7. The molecule has 0 bridgehead atoms. The molecule has 3 heterocycles. The molecule has 218 valence electrons. The maximum Gasteiger partial charge on any atom is 0.335 e. The first kappa shape index (κ1) is 30.5. The van der Waals surface area contributed by atoms with Crippen LogP contribution in [0, 0.1) is 0 Å². The molecule has 0 unspecified atom stereocenters. The third-order valence-corrected chi connectivity index (χ3v) is 8.69. The monoisotopic (exact) mass is 589 g/mol. The Morgan fingerprint density at radius 2 is 1.80 bits per heavy atom. The van der Waals surface area contributed by atoms with Gasteiger partial charge in [0.1, 0.15) is 6.61 Å². The number of nitrogens with zero attached hydrogens (tertiary/aromatic N) is 3. The lowest BCUT2D eigenvalue weighted by atomic mass is 9.81. The van der Waals surface area contributed by atoms with Crippen LogP contribution in [0.5, 0.6) is 5.75 Å². The van der Waals surface area contributed by atoms with Gasteiger partial charge in [-0.05, 0) is 55.5 Å². The number of halogens is 2. The molecule has 6 rings (SSSR count). The number of morpholine rings is 1. The first-order valence-corrected chi connectivity index (χ1v) is 14.4. The van der Waals surface area contributed by atoms with Gasteiger partial charge in [0, 0.05) is 49.2 Å². The van der Waals surface area contributed by atoms with Gasteiger partial charge in [-0.25, -0.2) is 4.79 Å². The number of hydrogen-bond acceptors (Lipinski definition) is 5. The topological polar surface area (TPSA) is 67.2 Å². The van der Waals surface area contributed by atoms with Crippen molar-refractivity contribution in [2.45, 2.75) is 51.5 Å². The average Bonchev–Trinajstić information content (AvgIpc) is 3.15. The normalized spacial score (nSPS) is 17.5. The minimum atomic E-state index is -0.881. The molecular formula is C31H41Cl2N3O4. The number of aromatic carboxylic acids is 1. The van der Waals surface area contributed by atoms with Crippen molar-refractivity contribution in [3.8, 4) is 17.0 Å². The van der Waals surface area contributed by atoms with E-state index in [-0.39, 0.29) is 24.8 Å². The molecule has 2 aliphatic heterocycles. The molecule has 3 aromatic rings. The number of aromatic nitrogens is 1. The molecule has 2 aromatic carbocycles. The maximum absolute atomic E-state index is 11.9. The molecule has 2 fully saturated rings.